The van der Waals surface area contributed by atoms with E-state index in [1.807, 2.05) is 11.5 Å². The van der Waals surface area contributed by atoms with Gasteiger partial charge in [-0.1, -0.05) is 11.8 Å². The minimum atomic E-state index is -0.361. The maximum absolute atomic E-state index is 10.9. The molecule has 0 saturated heterocycles. The lowest BCUT2D eigenvalue weighted by molar-refractivity contribution is -0.117. The fraction of sp³-hybridized carbons (Fsp3) is 0.625. The molecule has 84 valence electrons. The van der Waals surface area contributed by atoms with Gasteiger partial charge in [0.15, 0.2) is 5.16 Å². The molecule has 0 fully saturated rings. The maximum Gasteiger partial charge on any atom is 0.230 e. The number of amides is 1. The van der Waals surface area contributed by atoms with Crippen molar-refractivity contribution in [2.75, 3.05) is 6.54 Å². The Labute approximate surface area is 92.4 Å². The van der Waals surface area contributed by atoms with Crippen molar-refractivity contribution in [2.45, 2.75) is 30.8 Å². The zero-order valence-corrected chi connectivity index (χ0v) is 9.62. The molecule has 0 aliphatic carbocycles. The van der Waals surface area contributed by atoms with Crippen LogP contribution in [0.2, 0.25) is 0 Å². The molecule has 0 spiro atoms. The van der Waals surface area contributed by atoms with E-state index in [1.165, 1.54) is 11.8 Å². The highest BCUT2D eigenvalue weighted by atomic mass is 32.2. The molecule has 4 N–H and O–H groups in total. The third-order valence-corrected chi connectivity index (χ3v) is 3.04. The van der Waals surface area contributed by atoms with E-state index < -0.39 is 0 Å². The standard InChI is InChI=1S/C8H15N5OS/c1-5(7(10)14)15-8-12-11-6(2)13(8)4-3-9/h5H,3-4,9H2,1-2H3,(H2,10,14). The number of aromatic nitrogens is 3. The Morgan fingerprint density at radius 1 is 1.60 bits per heavy atom. The van der Waals surface area contributed by atoms with Crippen molar-refractivity contribution in [3.63, 3.8) is 0 Å². The highest BCUT2D eigenvalue weighted by molar-refractivity contribution is 8.00. The van der Waals surface area contributed by atoms with E-state index in [2.05, 4.69) is 10.2 Å². The zero-order chi connectivity index (χ0) is 11.4. The van der Waals surface area contributed by atoms with Gasteiger partial charge >= 0.3 is 0 Å². The molecule has 0 bridgehead atoms. The van der Waals surface area contributed by atoms with Crippen molar-refractivity contribution in [3.05, 3.63) is 5.82 Å². The number of carbonyl (C=O) groups is 1. The number of primary amides is 1. The molecular formula is C8H15N5OS. The monoisotopic (exact) mass is 229 g/mol. The summed E-state index contributed by atoms with van der Waals surface area (Å²) in [7, 11) is 0. The zero-order valence-electron chi connectivity index (χ0n) is 8.80. The molecule has 1 amide bonds. The summed E-state index contributed by atoms with van der Waals surface area (Å²) in [5.41, 5.74) is 10.6. The Morgan fingerprint density at radius 2 is 2.27 bits per heavy atom. The molecule has 7 heteroatoms. The van der Waals surface area contributed by atoms with Crippen molar-refractivity contribution in [2.24, 2.45) is 11.5 Å². The Hall–Kier alpha value is -1.08. The van der Waals surface area contributed by atoms with Gasteiger partial charge in [0.1, 0.15) is 5.82 Å². The number of nitrogens with two attached hydrogens (primary N) is 2. The third kappa shape index (κ3) is 2.93. The summed E-state index contributed by atoms with van der Waals surface area (Å²) in [5, 5.41) is 8.27. The van der Waals surface area contributed by atoms with Gasteiger partial charge in [0.2, 0.25) is 5.91 Å². The molecule has 0 aliphatic rings. The van der Waals surface area contributed by atoms with Crippen LogP contribution in [0.4, 0.5) is 0 Å². The average molecular weight is 229 g/mol. The van der Waals surface area contributed by atoms with Gasteiger partial charge in [0, 0.05) is 13.1 Å². The van der Waals surface area contributed by atoms with E-state index in [9.17, 15) is 4.79 Å². The van der Waals surface area contributed by atoms with Gasteiger partial charge in [0.25, 0.3) is 0 Å². The highest BCUT2D eigenvalue weighted by Gasteiger charge is 2.16. The second kappa shape index (κ2) is 5.13. The second-order valence-electron chi connectivity index (χ2n) is 3.13. The van der Waals surface area contributed by atoms with Crippen LogP contribution in [0.25, 0.3) is 0 Å². The molecule has 1 aromatic rings. The Balaban J connectivity index is 2.80. The first-order valence-electron chi connectivity index (χ1n) is 4.62. The number of nitrogens with zero attached hydrogens (tertiary/aromatic N) is 3. The van der Waals surface area contributed by atoms with E-state index in [4.69, 9.17) is 11.5 Å². The van der Waals surface area contributed by atoms with Gasteiger partial charge in [-0.2, -0.15) is 0 Å². The Bertz CT molecular complexity index is 351. The van der Waals surface area contributed by atoms with Crippen molar-refractivity contribution in [3.8, 4) is 0 Å². The van der Waals surface area contributed by atoms with Gasteiger partial charge in [-0.3, -0.25) is 4.79 Å². The van der Waals surface area contributed by atoms with Crippen molar-refractivity contribution < 1.29 is 4.79 Å². The van der Waals surface area contributed by atoms with Crippen molar-refractivity contribution in [1.29, 1.82) is 0 Å². The summed E-state index contributed by atoms with van der Waals surface area (Å²) in [4.78, 5) is 10.9. The summed E-state index contributed by atoms with van der Waals surface area (Å²) < 4.78 is 1.88. The fourth-order valence-electron chi connectivity index (χ4n) is 1.05. The normalized spacial score (nSPS) is 12.7. The van der Waals surface area contributed by atoms with E-state index >= 15 is 0 Å². The maximum atomic E-state index is 10.9. The SMILES string of the molecule is Cc1nnc(SC(C)C(N)=O)n1CCN. The third-order valence-electron chi connectivity index (χ3n) is 1.94. The second-order valence-corrected chi connectivity index (χ2v) is 4.44. The smallest absolute Gasteiger partial charge is 0.230 e. The number of carbonyl (C=O) groups excluding carboxylic acids is 1. The summed E-state index contributed by atoms with van der Waals surface area (Å²) in [5.74, 6) is 0.430. The van der Waals surface area contributed by atoms with Crippen LogP contribution < -0.4 is 11.5 Å². The lowest BCUT2D eigenvalue weighted by Crippen LogP contribution is -2.23. The molecule has 0 aliphatic heterocycles. The summed E-state index contributed by atoms with van der Waals surface area (Å²) >= 11 is 1.30. The summed E-state index contributed by atoms with van der Waals surface area (Å²) in [6, 6.07) is 0. The molecule has 6 nitrogen and oxygen atoms in total. The number of hydrogen-bond acceptors (Lipinski definition) is 5. The summed E-state index contributed by atoms with van der Waals surface area (Å²) in [6.07, 6.45) is 0. The minimum Gasteiger partial charge on any atom is -0.369 e. The number of thioether (sulfide) groups is 1. The van der Waals surface area contributed by atoms with Crippen LogP contribution in [0.15, 0.2) is 5.16 Å². The quantitative estimate of drug-likeness (QED) is 0.664. The molecule has 0 radical (unpaired) electrons. The van der Waals surface area contributed by atoms with E-state index in [0.717, 1.165) is 5.82 Å². The largest absolute Gasteiger partial charge is 0.369 e. The van der Waals surface area contributed by atoms with Crippen LogP contribution in [0.1, 0.15) is 12.7 Å². The van der Waals surface area contributed by atoms with Gasteiger partial charge in [-0.25, -0.2) is 0 Å². The van der Waals surface area contributed by atoms with Gasteiger partial charge in [0.05, 0.1) is 5.25 Å². The molecule has 1 heterocycles. The van der Waals surface area contributed by atoms with Gasteiger partial charge < -0.3 is 16.0 Å². The number of rotatable bonds is 5. The fourth-order valence-corrected chi connectivity index (χ4v) is 1.92. The summed E-state index contributed by atoms with van der Waals surface area (Å²) in [6.45, 7) is 4.75. The van der Waals surface area contributed by atoms with E-state index in [-0.39, 0.29) is 11.2 Å². The predicted octanol–water partition coefficient (Wildman–Crippen LogP) is -0.489. The van der Waals surface area contributed by atoms with Crippen LogP contribution in [-0.2, 0) is 11.3 Å². The van der Waals surface area contributed by atoms with E-state index in [0.29, 0.717) is 18.2 Å². The molecule has 0 saturated carbocycles. The van der Waals surface area contributed by atoms with Crippen LogP contribution in [0.5, 0.6) is 0 Å². The Morgan fingerprint density at radius 3 is 2.80 bits per heavy atom. The molecule has 15 heavy (non-hydrogen) atoms. The Kier molecular flexibility index (Phi) is 4.10. The lowest BCUT2D eigenvalue weighted by atomic mass is 10.5. The molecule has 1 aromatic heterocycles. The van der Waals surface area contributed by atoms with Crippen molar-refractivity contribution in [1.82, 2.24) is 14.8 Å². The number of hydrogen-bond donors (Lipinski definition) is 2. The van der Waals surface area contributed by atoms with Crippen molar-refractivity contribution >= 4 is 17.7 Å². The minimum absolute atomic E-state index is 0.315. The first-order valence-corrected chi connectivity index (χ1v) is 5.50. The number of aryl methyl sites for hydroxylation is 1. The topological polar surface area (TPSA) is 99.8 Å². The average Bonchev–Trinajstić information content (AvgIpc) is 2.50. The molecule has 1 atom stereocenters. The highest BCUT2D eigenvalue weighted by Crippen LogP contribution is 2.21. The van der Waals surface area contributed by atoms with Crippen LogP contribution >= 0.6 is 11.8 Å². The van der Waals surface area contributed by atoms with Crippen LogP contribution in [0, 0.1) is 6.92 Å². The molecule has 0 aromatic carbocycles. The lowest BCUT2D eigenvalue weighted by Gasteiger charge is -2.08. The first-order chi connectivity index (χ1) is 7.06. The molecule has 1 unspecified atom stereocenters. The van der Waals surface area contributed by atoms with Crippen LogP contribution in [-0.4, -0.2) is 32.5 Å². The molecule has 1 rings (SSSR count). The van der Waals surface area contributed by atoms with Crippen LogP contribution in [0.3, 0.4) is 0 Å². The predicted molar refractivity (Wildman–Crippen MR) is 58.3 cm³/mol. The van der Waals surface area contributed by atoms with E-state index in [1.54, 1.807) is 6.92 Å². The molecular weight excluding hydrogens is 214 g/mol. The van der Waals surface area contributed by atoms with Gasteiger partial charge in [-0.15, -0.1) is 10.2 Å². The first kappa shape index (κ1) is 12.0. The van der Waals surface area contributed by atoms with Gasteiger partial charge in [-0.05, 0) is 13.8 Å².